The molecule has 0 aliphatic carbocycles. The molecule has 11 nitrogen and oxygen atoms in total. The van der Waals surface area contributed by atoms with Crippen molar-refractivity contribution in [1.29, 1.82) is 0 Å². The van der Waals surface area contributed by atoms with E-state index >= 15 is 0 Å². The lowest BCUT2D eigenvalue weighted by Crippen LogP contribution is -2.51. The molecular formula is C39H50F3N5O6. The molecule has 1 saturated heterocycles. The van der Waals surface area contributed by atoms with Crippen molar-refractivity contribution in [2.24, 2.45) is 11.8 Å². The third kappa shape index (κ3) is 12.2. The number of ether oxygens (including phenoxy) is 2. The number of ketones is 1. The molecule has 1 fully saturated rings. The van der Waals surface area contributed by atoms with Crippen LogP contribution >= 0.6 is 0 Å². The molecular weight excluding hydrogens is 691 g/mol. The molecule has 2 atom stereocenters. The zero-order chi connectivity index (χ0) is 39.0. The maximum Gasteiger partial charge on any atom is 0.416 e. The average molecular weight is 742 g/mol. The first-order valence-corrected chi connectivity index (χ1v) is 17.8. The number of rotatable bonds is 14. The maximum atomic E-state index is 13.9. The summed E-state index contributed by atoms with van der Waals surface area (Å²) in [6.07, 6.45) is -0.826. The molecule has 0 spiro atoms. The summed E-state index contributed by atoms with van der Waals surface area (Å²) < 4.78 is 52.8. The summed E-state index contributed by atoms with van der Waals surface area (Å²) in [5.74, 6) is -1.35. The van der Waals surface area contributed by atoms with Gasteiger partial charge in [0.25, 0.3) is 0 Å². The summed E-state index contributed by atoms with van der Waals surface area (Å²) in [6, 6.07) is 12.8. The molecule has 2 heterocycles. The number of carbonyl (C=O) groups is 4. The van der Waals surface area contributed by atoms with Gasteiger partial charge in [0, 0.05) is 25.7 Å². The van der Waals surface area contributed by atoms with Crippen molar-refractivity contribution >= 4 is 29.5 Å². The summed E-state index contributed by atoms with van der Waals surface area (Å²) in [6.45, 7) is 11.6. The lowest BCUT2D eigenvalue weighted by molar-refractivity contribution is -0.137. The number of nitrogens with one attached hydrogen (secondary N) is 2. The van der Waals surface area contributed by atoms with E-state index in [9.17, 15) is 32.3 Å². The molecule has 0 radical (unpaired) electrons. The van der Waals surface area contributed by atoms with Gasteiger partial charge in [-0.2, -0.15) is 13.2 Å². The van der Waals surface area contributed by atoms with Crippen molar-refractivity contribution in [3.63, 3.8) is 0 Å². The molecule has 3 aromatic rings. The highest BCUT2D eigenvalue weighted by atomic mass is 19.4. The fourth-order valence-electron chi connectivity index (χ4n) is 5.90. The van der Waals surface area contributed by atoms with Crippen LogP contribution in [0.15, 0.2) is 67.1 Å². The van der Waals surface area contributed by atoms with Gasteiger partial charge in [0.2, 0.25) is 11.8 Å². The number of halogens is 3. The number of imidazole rings is 1. The van der Waals surface area contributed by atoms with E-state index in [4.69, 9.17) is 9.47 Å². The van der Waals surface area contributed by atoms with Crippen molar-refractivity contribution in [3.05, 3.63) is 83.8 Å². The van der Waals surface area contributed by atoms with Gasteiger partial charge < -0.3 is 29.6 Å². The minimum absolute atomic E-state index is 0.0330. The highest BCUT2D eigenvalue weighted by Gasteiger charge is 2.35. The number of aromatic nitrogens is 2. The van der Waals surface area contributed by atoms with Crippen LogP contribution in [0.25, 0.3) is 0 Å². The SMILES string of the molecule is CC1CCN(C(=O)C(c2ccc(C(F)(F)F)cc2)n2cnc(NC(=O)C(CCC(=O)C(C)(C)NC(=O)OC(C)(C)C)COCc3ccccc3)c2)CC1. The number of likely N-dealkylation sites (tertiary alicyclic amines) is 1. The highest BCUT2D eigenvalue weighted by Crippen LogP contribution is 2.32. The number of alkyl halides is 3. The van der Waals surface area contributed by atoms with E-state index in [2.05, 4.69) is 22.5 Å². The highest BCUT2D eigenvalue weighted by molar-refractivity contribution is 5.94. The van der Waals surface area contributed by atoms with Crippen LogP contribution < -0.4 is 10.6 Å². The summed E-state index contributed by atoms with van der Waals surface area (Å²) in [4.78, 5) is 59.3. The van der Waals surface area contributed by atoms with Crippen LogP contribution in [0.5, 0.6) is 0 Å². The second-order valence-corrected chi connectivity index (χ2v) is 15.1. The standard InChI is InChI=1S/C39H50F3N5O6/c1-26-18-20-46(21-19-26)35(50)33(28-12-15-30(16-13-28)39(40,41)42)47-22-32(43-25-47)44-34(49)29(24-52-23-27-10-8-7-9-11-27)14-17-31(48)38(5,6)45-36(51)53-37(2,3)4/h7-13,15-16,22,25-26,29,33H,14,17-21,23-24H2,1-6H3,(H,44,49)(H,45,51). The zero-order valence-corrected chi connectivity index (χ0v) is 31.2. The van der Waals surface area contributed by atoms with E-state index in [-0.39, 0.29) is 43.6 Å². The average Bonchev–Trinajstić information content (AvgIpc) is 3.53. The molecule has 1 aliphatic rings. The number of amides is 3. The fraction of sp³-hybridized carbons (Fsp3) is 0.513. The van der Waals surface area contributed by atoms with Crippen molar-refractivity contribution in [2.45, 2.75) is 97.2 Å². The topological polar surface area (TPSA) is 132 Å². The van der Waals surface area contributed by atoms with Gasteiger partial charge >= 0.3 is 12.3 Å². The Hall–Kier alpha value is -4.72. The number of Topliss-reactive ketones (excluding diaryl/α,β-unsaturated/α-hetero) is 1. The molecule has 53 heavy (non-hydrogen) atoms. The van der Waals surface area contributed by atoms with Crippen LogP contribution in [0.2, 0.25) is 0 Å². The Morgan fingerprint density at radius 1 is 0.943 bits per heavy atom. The lowest BCUT2D eigenvalue weighted by Gasteiger charge is -2.33. The molecule has 2 unspecified atom stereocenters. The van der Waals surface area contributed by atoms with Crippen LogP contribution in [-0.4, -0.2) is 69.0 Å². The Bertz CT molecular complexity index is 1690. The Balaban J connectivity index is 1.52. The quantitative estimate of drug-likeness (QED) is 0.179. The van der Waals surface area contributed by atoms with E-state index in [1.807, 2.05) is 30.3 Å². The molecule has 0 saturated carbocycles. The van der Waals surface area contributed by atoms with Gasteiger partial charge in [-0.25, -0.2) is 9.78 Å². The fourth-order valence-corrected chi connectivity index (χ4v) is 5.90. The Morgan fingerprint density at radius 3 is 2.19 bits per heavy atom. The smallest absolute Gasteiger partial charge is 0.416 e. The van der Waals surface area contributed by atoms with E-state index in [1.54, 1.807) is 39.5 Å². The number of hydrogen-bond donors (Lipinski definition) is 2. The first-order chi connectivity index (χ1) is 24.8. The molecule has 14 heteroatoms. The van der Waals surface area contributed by atoms with Crippen molar-refractivity contribution in [1.82, 2.24) is 19.8 Å². The molecule has 4 rings (SSSR count). The second kappa shape index (κ2) is 17.4. The normalized spacial score (nSPS) is 15.4. The Morgan fingerprint density at radius 2 is 1.58 bits per heavy atom. The number of benzene rings is 2. The molecule has 288 valence electrons. The lowest BCUT2D eigenvalue weighted by atomic mass is 9.92. The molecule has 3 amide bonds. The third-order valence-electron chi connectivity index (χ3n) is 9.07. The van der Waals surface area contributed by atoms with Crippen LogP contribution in [-0.2, 0) is 36.6 Å². The van der Waals surface area contributed by atoms with Crippen LogP contribution in [0.4, 0.5) is 23.8 Å². The summed E-state index contributed by atoms with van der Waals surface area (Å²) >= 11 is 0. The minimum atomic E-state index is -4.54. The number of carbonyl (C=O) groups excluding carboxylic acids is 4. The largest absolute Gasteiger partial charge is 0.444 e. The second-order valence-electron chi connectivity index (χ2n) is 15.1. The van der Waals surface area contributed by atoms with Crippen LogP contribution in [0.1, 0.15) is 90.0 Å². The molecule has 1 aromatic heterocycles. The minimum Gasteiger partial charge on any atom is -0.444 e. The number of hydrogen-bond acceptors (Lipinski definition) is 7. The van der Waals surface area contributed by atoms with E-state index in [0.717, 1.165) is 30.5 Å². The van der Waals surface area contributed by atoms with Crippen molar-refractivity contribution in [3.8, 4) is 0 Å². The predicted octanol–water partition coefficient (Wildman–Crippen LogP) is 7.17. The van der Waals surface area contributed by atoms with E-state index < -0.39 is 46.8 Å². The zero-order valence-electron chi connectivity index (χ0n) is 31.2. The van der Waals surface area contributed by atoms with Gasteiger partial charge in [-0.3, -0.25) is 14.4 Å². The summed E-state index contributed by atoms with van der Waals surface area (Å²) in [5.41, 5.74) is -1.64. The Kier molecular flexibility index (Phi) is 13.5. The Labute approximate surface area is 308 Å². The van der Waals surface area contributed by atoms with Crippen LogP contribution in [0, 0.1) is 11.8 Å². The third-order valence-corrected chi connectivity index (χ3v) is 9.07. The maximum absolute atomic E-state index is 13.9. The van der Waals surface area contributed by atoms with Crippen molar-refractivity contribution in [2.75, 3.05) is 25.0 Å². The van der Waals surface area contributed by atoms with Gasteiger partial charge in [-0.1, -0.05) is 49.4 Å². The molecule has 2 aromatic carbocycles. The van der Waals surface area contributed by atoms with Crippen molar-refractivity contribution < 1.29 is 41.8 Å². The number of alkyl carbamates (subject to hydrolysis) is 1. The predicted molar refractivity (Wildman–Crippen MR) is 193 cm³/mol. The van der Waals surface area contributed by atoms with Gasteiger partial charge in [0.1, 0.15) is 11.6 Å². The van der Waals surface area contributed by atoms with E-state index in [0.29, 0.717) is 24.6 Å². The van der Waals surface area contributed by atoms with Gasteiger partial charge in [0.05, 0.1) is 36.6 Å². The van der Waals surface area contributed by atoms with Gasteiger partial charge in [-0.15, -0.1) is 0 Å². The number of anilines is 1. The van der Waals surface area contributed by atoms with Gasteiger partial charge in [-0.05, 0) is 83.1 Å². The first kappa shape index (κ1) is 41.0. The first-order valence-electron chi connectivity index (χ1n) is 17.8. The molecule has 1 aliphatic heterocycles. The molecule has 0 bridgehead atoms. The summed E-state index contributed by atoms with van der Waals surface area (Å²) in [7, 11) is 0. The number of piperidine rings is 1. The number of nitrogens with zero attached hydrogens (tertiary/aromatic N) is 3. The van der Waals surface area contributed by atoms with Gasteiger partial charge in [0.15, 0.2) is 11.6 Å². The monoisotopic (exact) mass is 741 g/mol. The molecule has 2 N–H and O–H groups in total. The van der Waals surface area contributed by atoms with Crippen LogP contribution in [0.3, 0.4) is 0 Å². The van der Waals surface area contributed by atoms with E-state index in [1.165, 1.54) is 29.2 Å². The summed E-state index contributed by atoms with van der Waals surface area (Å²) in [5, 5.41) is 5.37.